The average molecular weight is 449 g/mol. The Kier molecular flexibility index (Phi) is 5.30. The molecule has 5 aromatic rings. The van der Waals surface area contributed by atoms with Gasteiger partial charge in [-0.15, -0.1) is 0 Å². The lowest BCUT2D eigenvalue weighted by molar-refractivity contribution is 0.102. The molecule has 0 fully saturated rings. The fourth-order valence-electron chi connectivity index (χ4n) is 3.90. The number of benzene rings is 3. The van der Waals surface area contributed by atoms with Gasteiger partial charge in [0.25, 0.3) is 5.91 Å². The van der Waals surface area contributed by atoms with Crippen LogP contribution in [0.2, 0.25) is 0 Å². The van der Waals surface area contributed by atoms with Crippen molar-refractivity contribution < 1.29 is 4.79 Å². The number of anilines is 2. The minimum Gasteiger partial charge on any atom is -0.383 e. The van der Waals surface area contributed by atoms with E-state index in [-0.39, 0.29) is 17.3 Å². The Labute approximate surface area is 197 Å². The zero-order valence-corrected chi connectivity index (χ0v) is 19.2. The third kappa shape index (κ3) is 3.77. The Bertz CT molecular complexity index is 1600. The SMILES string of the molecule is Cc1ccc(C)c(NC(=O)c2c(N)n(/N=C\c3ccccc3C)c3nc4ccccc4nc23)c1. The van der Waals surface area contributed by atoms with Gasteiger partial charge in [0.05, 0.1) is 17.2 Å². The summed E-state index contributed by atoms with van der Waals surface area (Å²) in [6, 6.07) is 21.3. The molecular formula is C27H24N6O. The Morgan fingerprint density at radius 2 is 1.65 bits per heavy atom. The van der Waals surface area contributed by atoms with Crippen molar-refractivity contribution in [1.82, 2.24) is 14.6 Å². The first kappa shape index (κ1) is 21.3. The zero-order valence-electron chi connectivity index (χ0n) is 19.2. The molecule has 0 atom stereocenters. The van der Waals surface area contributed by atoms with E-state index in [1.165, 1.54) is 4.68 Å². The Balaban J connectivity index is 1.68. The topological polar surface area (TPSA) is 98.2 Å². The second-order valence-electron chi connectivity index (χ2n) is 8.33. The number of amides is 1. The maximum absolute atomic E-state index is 13.5. The maximum atomic E-state index is 13.5. The van der Waals surface area contributed by atoms with E-state index < -0.39 is 0 Å². The molecule has 0 saturated carbocycles. The number of carbonyl (C=O) groups excluding carboxylic acids is 1. The number of nitrogens with zero attached hydrogens (tertiary/aromatic N) is 4. The van der Waals surface area contributed by atoms with Gasteiger partial charge in [0, 0.05) is 5.69 Å². The average Bonchev–Trinajstić information content (AvgIpc) is 3.09. The van der Waals surface area contributed by atoms with Crippen LogP contribution in [0.25, 0.3) is 22.2 Å². The van der Waals surface area contributed by atoms with Gasteiger partial charge >= 0.3 is 0 Å². The first-order chi connectivity index (χ1) is 16.4. The van der Waals surface area contributed by atoms with E-state index >= 15 is 0 Å². The molecule has 0 unspecified atom stereocenters. The number of nitrogens with one attached hydrogen (secondary N) is 1. The first-order valence-corrected chi connectivity index (χ1v) is 11.0. The van der Waals surface area contributed by atoms with Crippen LogP contribution in [0.4, 0.5) is 11.5 Å². The van der Waals surface area contributed by atoms with Gasteiger partial charge in [-0.25, -0.2) is 9.97 Å². The summed E-state index contributed by atoms with van der Waals surface area (Å²) in [5.74, 6) is -0.177. The van der Waals surface area contributed by atoms with Crippen molar-refractivity contribution in [3.63, 3.8) is 0 Å². The molecule has 0 bridgehead atoms. The highest BCUT2D eigenvalue weighted by atomic mass is 16.1. The Morgan fingerprint density at radius 1 is 0.941 bits per heavy atom. The van der Waals surface area contributed by atoms with Crippen LogP contribution in [0.3, 0.4) is 0 Å². The molecule has 7 nitrogen and oxygen atoms in total. The summed E-state index contributed by atoms with van der Waals surface area (Å²) in [5, 5.41) is 7.59. The van der Waals surface area contributed by atoms with Crippen LogP contribution in [-0.4, -0.2) is 26.8 Å². The van der Waals surface area contributed by atoms with Crippen LogP contribution in [0.1, 0.15) is 32.6 Å². The molecule has 0 aliphatic heterocycles. The van der Waals surface area contributed by atoms with Gasteiger partial charge in [-0.2, -0.15) is 9.78 Å². The van der Waals surface area contributed by atoms with Gasteiger partial charge < -0.3 is 11.1 Å². The normalized spacial score (nSPS) is 11.5. The van der Waals surface area contributed by atoms with Crippen molar-refractivity contribution in [3.05, 3.63) is 94.5 Å². The first-order valence-electron chi connectivity index (χ1n) is 11.0. The second kappa shape index (κ2) is 8.44. The molecule has 0 aliphatic rings. The molecule has 5 rings (SSSR count). The molecule has 2 aromatic heterocycles. The fourth-order valence-corrected chi connectivity index (χ4v) is 3.90. The van der Waals surface area contributed by atoms with E-state index in [4.69, 9.17) is 15.7 Å². The third-order valence-electron chi connectivity index (χ3n) is 5.84. The van der Waals surface area contributed by atoms with Gasteiger partial charge in [-0.05, 0) is 61.2 Å². The lowest BCUT2D eigenvalue weighted by atomic mass is 10.1. The summed E-state index contributed by atoms with van der Waals surface area (Å²) in [4.78, 5) is 22.9. The molecular weight excluding hydrogens is 424 g/mol. The molecule has 0 radical (unpaired) electrons. The number of aryl methyl sites for hydroxylation is 3. The smallest absolute Gasteiger partial charge is 0.261 e. The van der Waals surface area contributed by atoms with Crippen LogP contribution < -0.4 is 11.1 Å². The summed E-state index contributed by atoms with van der Waals surface area (Å²) in [6.45, 7) is 5.93. The predicted molar refractivity (Wildman–Crippen MR) is 137 cm³/mol. The van der Waals surface area contributed by atoms with Crippen LogP contribution in [0.15, 0.2) is 71.8 Å². The largest absolute Gasteiger partial charge is 0.383 e. The van der Waals surface area contributed by atoms with E-state index in [2.05, 4.69) is 10.4 Å². The molecule has 0 spiro atoms. The monoisotopic (exact) mass is 448 g/mol. The van der Waals surface area contributed by atoms with Crippen LogP contribution in [-0.2, 0) is 0 Å². The fraction of sp³-hybridized carbons (Fsp3) is 0.111. The Hall–Kier alpha value is -4.52. The van der Waals surface area contributed by atoms with Gasteiger partial charge in [0.2, 0.25) is 0 Å². The van der Waals surface area contributed by atoms with Gasteiger partial charge in [-0.3, -0.25) is 4.79 Å². The summed E-state index contributed by atoms with van der Waals surface area (Å²) < 4.78 is 1.49. The quantitative estimate of drug-likeness (QED) is 0.368. The second-order valence-corrected chi connectivity index (χ2v) is 8.33. The van der Waals surface area contributed by atoms with E-state index in [9.17, 15) is 4.79 Å². The predicted octanol–water partition coefficient (Wildman–Crippen LogP) is 5.23. The van der Waals surface area contributed by atoms with Crippen LogP contribution >= 0.6 is 0 Å². The van der Waals surface area contributed by atoms with Gasteiger partial charge in [0.15, 0.2) is 5.65 Å². The zero-order chi connectivity index (χ0) is 23.8. The molecule has 0 saturated heterocycles. The third-order valence-corrected chi connectivity index (χ3v) is 5.84. The lowest BCUT2D eigenvalue weighted by Crippen LogP contribution is -2.15. The summed E-state index contributed by atoms with van der Waals surface area (Å²) in [6.07, 6.45) is 1.72. The highest BCUT2D eigenvalue weighted by Gasteiger charge is 2.24. The number of carbonyl (C=O) groups is 1. The molecule has 3 aromatic carbocycles. The minimum atomic E-state index is -0.356. The molecule has 34 heavy (non-hydrogen) atoms. The number of para-hydroxylation sites is 2. The summed E-state index contributed by atoms with van der Waals surface area (Å²) >= 11 is 0. The van der Waals surface area contributed by atoms with E-state index in [1.54, 1.807) is 6.21 Å². The molecule has 3 N–H and O–H groups in total. The molecule has 7 heteroatoms. The van der Waals surface area contributed by atoms with E-state index in [0.29, 0.717) is 22.2 Å². The van der Waals surface area contributed by atoms with E-state index in [1.807, 2.05) is 87.5 Å². The minimum absolute atomic E-state index is 0.179. The van der Waals surface area contributed by atoms with Crippen molar-refractivity contribution in [3.8, 4) is 0 Å². The van der Waals surface area contributed by atoms with Crippen molar-refractivity contribution >= 4 is 45.8 Å². The molecule has 1 amide bonds. The van der Waals surface area contributed by atoms with E-state index in [0.717, 1.165) is 27.9 Å². The van der Waals surface area contributed by atoms with Crippen molar-refractivity contribution in [2.24, 2.45) is 5.10 Å². The van der Waals surface area contributed by atoms with Crippen LogP contribution in [0, 0.1) is 20.8 Å². The number of fused-ring (bicyclic) bond motifs is 2. The highest BCUT2D eigenvalue weighted by molar-refractivity contribution is 6.16. The standard InChI is InChI=1S/C27H24N6O/c1-16-12-13-18(3)22(14-16)32-27(34)23-24-26(31-21-11-7-6-10-20(21)30-24)33(25(23)28)29-15-19-9-5-4-8-17(19)2/h4-15H,28H2,1-3H3,(H,32,34)/b29-15-. The molecule has 168 valence electrons. The number of rotatable bonds is 4. The Morgan fingerprint density at radius 3 is 2.41 bits per heavy atom. The number of aromatic nitrogens is 3. The van der Waals surface area contributed by atoms with Crippen molar-refractivity contribution in [1.29, 1.82) is 0 Å². The van der Waals surface area contributed by atoms with Crippen LogP contribution in [0.5, 0.6) is 0 Å². The number of nitrogen functional groups attached to an aromatic ring is 1. The number of hydrogen-bond donors (Lipinski definition) is 2. The summed E-state index contributed by atoms with van der Waals surface area (Å²) in [7, 11) is 0. The lowest BCUT2D eigenvalue weighted by Gasteiger charge is -2.09. The highest BCUT2D eigenvalue weighted by Crippen LogP contribution is 2.29. The van der Waals surface area contributed by atoms with Gasteiger partial charge in [0.1, 0.15) is 16.9 Å². The molecule has 0 aliphatic carbocycles. The summed E-state index contributed by atoms with van der Waals surface area (Å²) in [5.41, 5.74) is 13.7. The van der Waals surface area contributed by atoms with Crippen molar-refractivity contribution in [2.45, 2.75) is 20.8 Å². The van der Waals surface area contributed by atoms with Crippen molar-refractivity contribution in [2.75, 3.05) is 11.1 Å². The number of hydrogen-bond acceptors (Lipinski definition) is 5. The van der Waals surface area contributed by atoms with Gasteiger partial charge in [-0.1, -0.05) is 48.5 Å². The number of nitrogens with two attached hydrogens (primary N) is 1. The maximum Gasteiger partial charge on any atom is 0.261 e. The molecule has 2 heterocycles.